The van der Waals surface area contributed by atoms with Crippen LogP contribution in [0.4, 0.5) is 5.82 Å². The van der Waals surface area contributed by atoms with Crippen LogP contribution in [0.15, 0.2) is 54.9 Å². The second kappa shape index (κ2) is 7.15. The van der Waals surface area contributed by atoms with Crippen LogP contribution in [0.25, 0.3) is 21.9 Å². The number of methoxy groups -OCH3 is 1. The topological polar surface area (TPSA) is 54.0 Å². The zero-order chi connectivity index (χ0) is 18.9. The summed E-state index contributed by atoms with van der Waals surface area (Å²) in [5.41, 5.74) is 4.49. The number of benzene rings is 2. The first kappa shape index (κ1) is 17.0. The smallest absolute Gasteiger partial charge is 0.156 e. The number of hydrogen-bond acceptors (Lipinski definition) is 4. The van der Waals surface area contributed by atoms with E-state index in [0.717, 1.165) is 52.5 Å². The van der Waals surface area contributed by atoms with Crippen LogP contribution in [0.1, 0.15) is 18.4 Å². The van der Waals surface area contributed by atoms with Gasteiger partial charge in [-0.25, -0.2) is 9.97 Å². The number of fused-ring (bicyclic) bond motifs is 3. The lowest BCUT2D eigenvalue weighted by Gasteiger charge is -2.33. The molecule has 5 rings (SSSR count). The molecule has 28 heavy (non-hydrogen) atoms. The molecule has 5 nitrogen and oxygen atoms in total. The molecule has 0 saturated carbocycles. The van der Waals surface area contributed by atoms with Gasteiger partial charge in [-0.1, -0.05) is 30.3 Å². The summed E-state index contributed by atoms with van der Waals surface area (Å²) in [5.74, 6) is 2.59. The molecular weight excluding hydrogens is 348 g/mol. The first-order valence-corrected chi connectivity index (χ1v) is 9.91. The summed E-state index contributed by atoms with van der Waals surface area (Å²) in [5, 5.41) is 1.08. The molecule has 2 aromatic carbocycles. The van der Waals surface area contributed by atoms with E-state index in [1.54, 1.807) is 13.4 Å². The summed E-state index contributed by atoms with van der Waals surface area (Å²) < 4.78 is 5.38. The Labute approximate surface area is 164 Å². The lowest BCUT2D eigenvalue weighted by atomic mass is 9.90. The molecule has 5 heteroatoms. The molecule has 1 aliphatic heterocycles. The number of aromatic nitrogens is 3. The number of ether oxygens (including phenoxy) is 1. The fourth-order valence-electron chi connectivity index (χ4n) is 4.32. The Morgan fingerprint density at radius 2 is 1.89 bits per heavy atom. The van der Waals surface area contributed by atoms with Gasteiger partial charge in [0.2, 0.25) is 0 Å². The molecule has 0 bridgehead atoms. The van der Waals surface area contributed by atoms with Crippen LogP contribution in [0.5, 0.6) is 5.75 Å². The molecule has 142 valence electrons. The largest absolute Gasteiger partial charge is 0.497 e. The first-order valence-electron chi connectivity index (χ1n) is 9.91. The Hall–Kier alpha value is -3.08. The van der Waals surface area contributed by atoms with E-state index >= 15 is 0 Å². The molecule has 1 saturated heterocycles. The van der Waals surface area contributed by atoms with Gasteiger partial charge in [0.05, 0.1) is 7.11 Å². The maximum atomic E-state index is 5.38. The number of H-pyrrole nitrogens is 1. The van der Waals surface area contributed by atoms with Crippen LogP contribution in [0, 0.1) is 5.92 Å². The van der Waals surface area contributed by atoms with E-state index in [9.17, 15) is 0 Å². The Morgan fingerprint density at radius 1 is 1.07 bits per heavy atom. The Kier molecular flexibility index (Phi) is 4.35. The minimum atomic E-state index is 0.739. The van der Waals surface area contributed by atoms with Crippen molar-refractivity contribution in [2.75, 3.05) is 25.1 Å². The van der Waals surface area contributed by atoms with E-state index in [-0.39, 0.29) is 0 Å². The number of nitrogens with zero attached hydrogens (tertiary/aromatic N) is 3. The summed E-state index contributed by atoms with van der Waals surface area (Å²) in [7, 11) is 1.69. The number of aromatic amines is 1. The average Bonchev–Trinajstić information content (AvgIpc) is 3.13. The fraction of sp³-hybridized carbons (Fsp3) is 0.304. The maximum Gasteiger partial charge on any atom is 0.156 e. The molecule has 4 aromatic rings. The number of piperidine rings is 1. The van der Waals surface area contributed by atoms with Crippen molar-refractivity contribution >= 4 is 27.8 Å². The van der Waals surface area contributed by atoms with Crippen LogP contribution in [0.2, 0.25) is 0 Å². The van der Waals surface area contributed by atoms with Gasteiger partial charge in [-0.15, -0.1) is 0 Å². The maximum absolute atomic E-state index is 5.38. The summed E-state index contributed by atoms with van der Waals surface area (Å²) in [6.07, 6.45) is 5.23. The lowest BCUT2D eigenvalue weighted by Crippen LogP contribution is -2.35. The van der Waals surface area contributed by atoms with Gasteiger partial charge < -0.3 is 14.6 Å². The molecule has 0 spiro atoms. The van der Waals surface area contributed by atoms with Crippen molar-refractivity contribution < 1.29 is 4.74 Å². The molecule has 3 heterocycles. The fourth-order valence-corrected chi connectivity index (χ4v) is 4.32. The predicted molar refractivity (Wildman–Crippen MR) is 113 cm³/mol. The Morgan fingerprint density at radius 3 is 2.68 bits per heavy atom. The van der Waals surface area contributed by atoms with E-state index < -0.39 is 0 Å². The van der Waals surface area contributed by atoms with Gasteiger partial charge in [0.1, 0.15) is 23.1 Å². The molecule has 0 amide bonds. The third kappa shape index (κ3) is 3.07. The highest BCUT2D eigenvalue weighted by Crippen LogP contribution is 2.33. The van der Waals surface area contributed by atoms with Gasteiger partial charge in [-0.2, -0.15) is 0 Å². The van der Waals surface area contributed by atoms with Crippen LogP contribution in [-0.2, 0) is 6.42 Å². The Bertz CT molecular complexity index is 1100. The second-order valence-electron chi connectivity index (χ2n) is 7.58. The molecule has 1 fully saturated rings. The van der Waals surface area contributed by atoms with Crippen molar-refractivity contribution in [3.05, 3.63) is 60.4 Å². The summed E-state index contributed by atoms with van der Waals surface area (Å²) in [4.78, 5) is 15.1. The Balaban J connectivity index is 1.39. The minimum Gasteiger partial charge on any atom is -0.497 e. The highest BCUT2D eigenvalue weighted by atomic mass is 16.5. The van der Waals surface area contributed by atoms with Gasteiger partial charge in [-0.3, -0.25) is 0 Å². The second-order valence-corrected chi connectivity index (χ2v) is 7.58. The van der Waals surface area contributed by atoms with E-state index in [4.69, 9.17) is 4.74 Å². The van der Waals surface area contributed by atoms with Crippen LogP contribution in [-0.4, -0.2) is 35.2 Å². The van der Waals surface area contributed by atoms with E-state index in [0.29, 0.717) is 0 Å². The third-order valence-electron chi connectivity index (χ3n) is 5.85. The molecule has 2 aromatic heterocycles. The zero-order valence-electron chi connectivity index (χ0n) is 16.1. The zero-order valence-corrected chi connectivity index (χ0v) is 16.1. The standard InChI is InChI=1S/C23H24N4O/c1-28-18-7-8-20-19(14-18)21-22(26-20)23(25-15-24-21)27-11-9-17(10-12-27)13-16-5-3-2-4-6-16/h2-8,14-15,17,26H,9-13H2,1H3. The van der Waals surface area contributed by atoms with E-state index in [2.05, 4.69) is 50.2 Å². The van der Waals surface area contributed by atoms with Crippen LogP contribution < -0.4 is 9.64 Å². The predicted octanol–water partition coefficient (Wildman–Crippen LogP) is 4.58. The molecule has 1 aliphatic rings. The SMILES string of the molecule is COc1ccc2[nH]c3c(N4CCC(Cc5ccccc5)CC4)ncnc3c2c1. The van der Waals surface area contributed by atoms with E-state index in [1.165, 1.54) is 24.8 Å². The van der Waals surface area contributed by atoms with Crippen molar-refractivity contribution in [2.45, 2.75) is 19.3 Å². The summed E-state index contributed by atoms with van der Waals surface area (Å²) in [6, 6.07) is 16.9. The van der Waals surface area contributed by atoms with Crippen molar-refractivity contribution in [3.8, 4) is 5.75 Å². The molecular formula is C23H24N4O. The number of nitrogens with one attached hydrogen (secondary N) is 1. The monoisotopic (exact) mass is 372 g/mol. The highest BCUT2D eigenvalue weighted by molar-refractivity contribution is 6.08. The number of hydrogen-bond donors (Lipinski definition) is 1. The van der Waals surface area contributed by atoms with Gasteiger partial charge >= 0.3 is 0 Å². The average molecular weight is 372 g/mol. The molecule has 0 aliphatic carbocycles. The minimum absolute atomic E-state index is 0.739. The normalized spacial score (nSPS) is 15.4. The highest BCUT2D eigenvalue weighted by Gasteiger charge is 2.23. The molecule has 0 atom stereocenters. The molecule has 0 unspecified atom stereocenters. The molecule has 0 radical (unpaired) electrons. The lowest BCUT2D eigenvalue weighted by molar-refractivity contribution is 0.402. The van der Waals surface area contributed by atoms with Gasteiger partial charge in [0.25, 0.3) is 0 Å². The first-order chi connectivity index (χ1) is 13.8. The molecule has 1 N–H and O–H groups in total. The van der Waals surface area contributed by atoms with Crippen molar-refractivity contribution in [2.24, 2.45) is 5.92 Å². The van der Waals surface area contributed by atoms with Gasteiger partial charge in [-0.05, 0) is 48.9 Å². The van der Waals surface area contributed by atoms with Crippen LogP contribution >= 0.6 is 0 Å². The van der Waals surface area contributed by atoms with E-state index in [1.807, 2.05) is 18.2 Å². The van der Waals surface area contributed by atoms with Gasteiger partial charge in [0, 0.05) is 24.0 Å². The number of anilines is 1. The van der Waals surface area contributed by atoms with Gasteiger partial charge in [0.15, 0.2) is 5.82 Å². The van der Waals surface area contributed by atoms with Crippen molar-refractivity contribution in [1.29, 1.82) is 0 Å². The van der Waals surface area contributed by atoms with Crippen molar-refractivity contribution in [1.82, 2.24) is 15.0 Å². The summed E-state index contributed by atoms with van der Waals surface area (Å²) in [6.45, 7) is 2.06. The summed E-state index contributed by atoms with van der Waals surface area (Å²) >= 11 is 0. The number of rotatable bonds is 4. The van der Waals surface area contributed by atoms with Crippen LogP contribution in [0.3, 0.4) is 0 Å². The quantitative estimate of drug-likeness (QED) is 0.570. The van der Waals surface area contributed by atoms with Crippen molar-refractivity contribution in [3.63, 3.8) is 0 Å². The third-order valence-corrected chi connectivity index (χ3v) is 5.85.